The van der Waals surface area contributed by atoms with E-state index in [4.69, 9.17) is 10.5 Å². The first-order valence-electron chi connectivity index (χ1n) is 7.25. The summed E-state index contributed by atoms with van der Waals surface area (Å²) in [5, 5.41) is 11.9. The molecule has 1 aromatic carbocycles. The third-order valence-electron chi connectivity index (χ3n) is 3.24. The fourth-order valence-electron chi connectivity index (χ4n) is 2.09. The lowest BCUT2D eigenvalue weighted by molar-refractivity contribution is -0.145. The molecule has 1 amide bonds. The molecule has 0 fully saturated rings. The predicted octanol–water partition coefficient (Wildman–Crippen LogP) is 0.966. The Balaban J connectivity index is 2.64. The number of hydrogen-bond donors (Lipinski definition) is 3. The van der Waals surface area contributed by atoms with Crippen molar-refractivity contribution >= 4 is 11.9 Å². The quantitative estimate of drug-likeness (QED) is 0.651. The second kappa shape index (κ2) is 8.38. The molecule has 2 atom stereocenters. The molecular weight excluding hydrogens is 284 g/mol. The summed E-state index contributed by atoms with van der Waals surface area (Å²) in [6.07, 6.45) is 0.812. The van der Waals surface area contributed by atoms with Gasteiger partial charge in [0.2, 0.25) is 5.91 Å². The molecule has 22 heavy (non-hydrogen) atoms. The third kappa shape index (κ3) is 5.73. The average Bonchev–Trinajstić information content (AvgIpc) is 2.47. The van der Waals surface area contributed by atoms with Crippen LogP contribution in [0, 0.1) is 5.92 Å². The van der Waals surface area contributed by atoms with E-state index < -0.39 is 24.0 Å². The van der Waals surface area contributed by atoms with Crippen LogP contribution in [-0.2, 0) is 20.7 Å². The zero-order valence-corrected chi connectivity index (χ0v) is 13.2. The van der Waals surface area contributed by atoms with E-state index in [9.17, 15) is 14.7 Å². The summed E-state index contributed by atoms with van der Waals surface area (Å²) >= 11 is 0. The van der Waals surface area contributed by atoms with E-state index in [0.29, 0.717) is 12.8 Å². The molecule has 0 bridgehead atoms. The maximum atomic E-state index is 12.1. The normalized spacial score (nSPS) is 13.5. The second-order valence-corrected chi connectivity index (χ2v) is 5.69. The van der Waals surface area contributed by atoms with Crippen LogP contribution in [0.3, 0.4) is 0 Å². The minimum atomic E-state index is -0.774. The molecule has 1 aromatic rings. The first kappa shape index (κ1) is 18.0. The Morgan fingerprint density at radius 2 is 1.86 bits per heavy atom. The van der Waals surface area contributed by atoms with Crippen LogP contribution in [0.5, 0.6) is 5.75 Å². The monoisotopic (exact) mass is 308 g/mol. The van der Waals surface area contributed by atoms with Gasteiger partial charge >= 0.3 is 5.97 Å². The van der Waals surface area contributed by atoms with Gasteiger partial charge in [-0.2, -0.15) is 0 Å². The maximum Gasteiger partial charge on any atom is 0.328 e. The fourth-order valence-corrected chi connectivity index (χ4v) is 2.09. The van der Waals surface area contributed by atoms with Crippen molar-refractivity contribution in [2.75, 3.05) is 7.11 Å². The summed E-state index contributed by atoms with van der Waals surface area (Å²) in [5.74, 6) is -0.481. The molecule has 1 rings (SSSR count). The predicted molar refractivity (Wildman–Crippen MR) is 83.2 cm³/mol. The Labute approximate surface area is 130 Å². The first-order chi connectivity index (χ1) is 10.3. The molecule has 0 aliphatic rings. The molecule has 0 saturated carbocycles. The summed E-state index contributed by atoms with van der Waals surface area (Å²) in [5.41, 5.74) is 6.71. The highest BCUT2D eigenvalue weighted by Gasteiger charge is 2.25. The van der Waals surface area contributed by atoms with Gasteiger partial charge in [-0.05, 0) is 36.5 Å². The highest BCUT2D eigenvalue weighted by atomic mass is 16.5. The summed E-state index contributed by atoms with van der Waals surface area (Å²) in [4.78, 5) is 23.8. The average molecular weight is 308 g/mol. The number of esters is 1. The van der Waals surface area contributed by atoms with E-state index in [1.807, 2.05) is 13.8 Å². The van der Waals surface area contributed by atoms with Crippen LogP contribution in [0.2, 0.25) is 0 Å². The number of aromatic hydroxyl groups is 1. The van der Waals surface area contributed by atoms with Gasteiger partial charge in [-0.25, -0.2) is 4.79 Å². The minimum absolute atomic E-state index is 0.157. The lowest BCUT2D eigenvalue weighted by atomic mass is 10.0. The molecule has 0 radical (unpaired) electrons. The van der Waals surface area contributed by atoms with Crippen LogP contribution < -0.4 is 11.1 Å². The molecule has 2 unspecified atom stereocenters. The van der Waals surface area contributed by atoms with Gasteiger partial charge in [0.05, 0.1) is 13.2 Å². The van der Waals surface area contributed by atoms with Crippen molar-refractivity contribution < 1.29 is 19.4 Å². The maximum absolute atomic E-state index is 12.1. The van der Waals surface area contributed by atoms with E-state index in [2.05, 4.69) is 5.32 Å². The Hall–Kier alpha value is -2.08. The number of rotatable bonds is 7. The molecule has 0 aliphatic heterocycles. The number of phenols is 1. The Morgan fingerprint density at radius 3 is 2.36 bits per heavy atom. The summed E-state index contributed by atoms with van der Waals surface area (Å²) < 4.78 is 4.70. The van der Waals surface area contributed by atoms with Crippen LogP contribution >= 0.6 is 0 Å². The van der Waals surface area contributed by atoms with Crippen molar-refractivity contribution in [3.8, 4) is 5.75 Å². The van der Waals surface area contributed by atoms with Gasteiger partial charge in [0, 0.05) is 0 Å². The number of phenolic OH excluding ortho intramolecular Hbond substituents is 1. The van der Waals surface area contributed by atoms with Crippen molar-refractivity contribution in [1.29, 1.82) is 0 Å². The molecule has 0 aliphatic carbocycles. The number of methoxy groups -OCH3 is 1. The summed E-state index contributed by atoms with van der Waals surface area (Å²) in [6.45, 7) is 3.91. The van der Waals surface area contributed by atoms with Crippen LogP contribution in [0.1, 0.15) is 25.8 Å². The van der Waals surface area contributed by atoms with E-state index in [0.717, 1.165) is 5.56 Å². The number of hydrogen-bond acceptors (Lipinski definition) is 5. The molecule has 0 saturated heterocycles. The molecule has 6 nitrogen and oxygen atoms in total. The first-order valence-corrected chi connectivity index (χ1v) is 7.25. The fraction of sp³-hybridized carbons (Fsp3) is 0.500. The number of carbonyl (C=O) groups is 2. The van der Waals surface area contributed by atoms with Gasteiger partial charge in [0.15, 0.2) is 0 Å². The van der Waals surface area contributed by atoms with Gasteiger partial charge < -0.3 is 20.9 Å². The van der Waals surface area contributed by atoms with E-state index >= 15 is 0 Å². The number of ether oxygens (including phenoxy) is 1. The molecule has 4 N–H and O–H groups in total. The van der Waals surface area contributed by atoms with Gasteiger partial charge in [-0.3, -0.25) is 4.79 Å². The van der Waals surface area contributed by atoms with Crippen molar-refractivity contribution in [1.82, 2.24) is 5.32 Å². The smallest absolute Gasteiger partial charge is 0.328 e. The Morgan fingerprint density at radius 1 is 1.27 bits per heavy atom. The number of nitrogens with two attached hydrogens (primary N) is 1. The van der Waals surface area contributed by atoms with Crippen molar-refractivity contribution in [3.63, 3.8) is 0 Å². The zero-order valence-electron chi connectivity index (χ0n) is 13.2. The van der Waals surface area contributed by atoms with Crippen molar-refractivity contribution in [2.24, 2.45) is 11.7 Å². The Kier molecular flexibility index (Phi) is 6.85. The van der Waals surface area contributed by atoms with E-state index in [-0.39, 0.29) is 11.7 Å². The van der Waals surface area contributed by atoms with Gasteiger partial charge in [0.1, 0.15) is 11.8 Å². The minimum Gasteiger partial charge on any atom is -0.508 e. The van der Waals surface area contributed by atoms with Crippen LogP contribution in [0.4, 0.5) is 0 Å². The van der Waals surface area contributed by atoms with E-state index in [1.54, 1.807) is 12.1 Å². The van der Waals surface area contributed by atoms with Crippen LogP contribution in [0.15, 0.2) is 24.3 Å². The van der Waals surface area contributed by atoms with Gasteiger partial charge in [-0.1, -0.05) is 26.0 Å². The standard InChI is InChI=1S/C16H24N2O4/c1-10(2)8-14(16(21)22-3)18-15(20)13(17)9-11-4-6-12(19)7-5-11/h4-7,10,13-14,19H,8-9,17H2,1-3H3,(H,18,20). The molecule has 122 valence electrons. The van der Waals surface area contributed by atoms with Crippen LogP contribution in [-0.4, -0.2) is 36.2 Å². The molecule has 6 heteroatoms. The van der Waals surface area contributed by atoms with Crippen LogP contribution in [0.25, 0.3) is 0 Å². The SMILES string of the molecule is COC(=O)C(CC(C)C)NC(=O)C(N)Cc1ccc(O)cc1. The number of nitrogens with one attached hydrogen (secondary N) is 1. The number of amides is 1. The van der Waals surface area contributed by atoms with Crippen molar-refractivity contribution in [2.45, 2.75) is 38.8 Å². The molecule has 0 spiro atoms. The molecular formula is C16H24N2O4. The highest BCUT2D eigenvalue weighted by Crippen LogP contribution is 2.11. The molecule has 0 heterocycles. The lowest BCUT2D eigenvalue weighted by Crippen LogP contribution is -2.49. The Bertz CT molecular complexity index is 499. The number of benzene rings is 1. The topological polar surface area (TPSA) is 102 Å². The van der Waals surface area contributed by atoms with Crippen molar-refractivity contribution in [3.05, 3.63) is 29.8 Å². The zero-order chi connectivity index (χ0) is 16.7. The third-order valence-corrected chi connectivity index (χ3v) is 3.24. The highest BCUT2D eigenvalue weighted by molar-refractivity contribution is 5.87. The lowest BCUT2D eigenvalue weighted by Gasteiger charge is -2.20. The largest absolute Gasteiger partial charge is 0.508 e. The number of carbonyl (C=O) groups excluding carboxylic acids is 2. The second-order valence-electron chi connectivity index (χ2n) is 5.69. The summed E-state index contributed by atoms with van der Waals surface area (Å²) in [7, 11) is 1.29. The molecule has 0 aromatic heterocycles. The van der Waals surface area contributed by atoms with Gasteiger partial charge in [-0.15, -0.1) is 0 Å². The van der Waals surface area contributed by atoms with E-state index in [1.165, 1.54) is 19.2 Å². The summed E-state index contributed by atoms with van der Waals surface area (Å²) in [6, 6.07) is 5.02. The van der Waals surface area contributed by atoms with Gasteiger partial charge in [0.25, 0.3) is 0 Å².